The molecule has 0 amide bonds. The standard InChI is InChI=1S/C15H11.C10H15.Zr/c1-2-6-12(7-3-1)15-10-13-8-4-5-9-14(13)11-15;1-6-7(2)9(4)10(5)8(6)3;/h1-11H;1-5H3;/q2*-1;+2. The van der Waals surface area contributed by atoms with E-state index in [9.17, 15) is 0 Å². The van der Waals surface area contributed by atoms with Gasteiger partial charge in [0.15, 0.2) is 0 Å². The van der Waals surface area contributed by atoms with E-state index in [1.807, 2.05) is 6.07 Å². The van der Waals surface area contributed by atoms with Crippen LogP contribution in [0.1, 0.15) is 27.8 Å². The molecule has 26 heavy (non-hydrogen) atoms. The van der Waals surface area contributed by atoms with Crippen molar-refractivity contribution < 1.29 is 26.2 Å². The zero-order valence-corrected chi connectivity index (χ0v) is 18.8. The molecule has 0 unspecified atom stereocenters. The van der Waals surface area contributed by atoms with Gasteiger partial charge in [-0.15, -0.1) is 34.5 Å². The third kappa shape index (κ3) is 4.16. The van der Waals surface area contributed by atoms with Gasteiger partial charge in [0.25, 0.3) is 0 Å². The SMILES string of the molecule is Cc1c(C)c(C)[c-](C)c1C.[Zr+2].c1ccc(-c2cc3ccccc3[cH-]2)cc1. The topological polar surface area (TPSA) is 0 Å². The molecular weight excluding hydrogens is 391 g/mol. The first-order chi connectivity index (χ1) is 12.0. The first kappa shape index (κ1) is 20.6. The molecule has 0 fully saturated rings. The Morgan fingerprint density at radius 3 is 1.77 bits per heavy atom. The van der Waals surface area contributed by atoms with Crippen LogP contribution in [0.15, 0.2) is 66.7 Å². The molecule has 0 radical (unpaired) electrons. The molecule has 0 saturated carbocycles. The molecule has 0 bridgehead atoms. The molecule has 4 rings (SSSR count). The molecule has 130 valence electrons. The number of hydrogen-bond acceptors (Lipinski definition) is 0. The molecular formula is C25H26Zr. The van der Waals surface area contributed by atoms with Crippen molar-refractivity contribution in [1.82, 2.24) is 0 Å². The summed E-state index contributed by atoms with van der Waals surface area (Å²) in [6.45, 7) is 11.0. The van der Waals surface area contributed by atoms with Crippen molar-refractivity contribution in [3.05, 3.63) is 94.5 Å². The maximum Gasteiger partial charge on any atom is 2.00 e. The van der Waals surface area contributed by atoms with Gasteiger partial charge in [-0.1, -0.05) is 88.7 Å². The Morgan fingerprint density at radius 1 is 0.731 bits per heavy atom. The van der Waals surface area contributed by atoms with E-state index < -0.39 is 0 Å². The number of rotatable bonds is 1. The predicted molar refractivity (Wildman–Crippen MR) is 111 cm³/mol. The van der Waals surface area contributed by atoms with Crippen LogP contribution >= 0.6 is 0 Å². The predicted octanol–water partition coefficient (Wildman–Crippen LogP) is 7.17. The Bertz CT molecular complexity index is 871. The molecule has 0 aromatic heterocycles. The van der Waals surface area contributed by atoms with Crippen molar-refractivity contribution in [3.63, 3.8) is 0 Å². The summed E-state index contributed by atoms with van der Waals surface area (Å²) in [6.07, 6.45) is 0. The zero-order valence-electron chi connectivity index (χ0n) is 16.4. The minimum Gasteiger partial charge on any atom is -0.196 e. The van der Waals surface area contributed by atoms with Gasteiger partial charge in [-0.25, -0.2) is 0 Å². The summed E-state index contributed by atoms with van der Waals surface area (Å²) in [6, 6.07) is 23.4. The van der Waals surface area contributed by atoms with Gasteiger partial charge in [-0.2, -0.15) is 27.8 Å². The molecule has 0 atom stereocenters. The number of benzene rings is 2. The Balaban J connectivity index is 0.000000195. The van der Waals surface area contributed by atoms with Gasteiger partial charge in [-0.3, -0.25) is 0 Å². The van der Waals surface area contributed by atoms with Crippen molar-refractivity contribution in [3.8, 4) is 11.1 Å². The largest absolute Gasteiger partial charge is 2.00 e. The molecule has 0 heterocycles. The van der Waals surface area contributed by atoms with E-state index >= 15 is 0 Å². The second-order valence-corrected chi connectivity index (χ2v) is 6.86. The normalized spacial score (nSPS) is 10.2. The summed E-state index contributed by atoms with van der Waals surface area (Å²) in [4.78, 5) is 0. The summed E-state index contributed by atoms with van der Waals surface area (Å²) < 4.78 is 0. The van der Waals surface area contributed by atoms with Crippen molar-refractivity contribution in [2.75, 3.05) is 0 Å². The molecule has 1 heteroatoms. The molecule has 0 aliphatic heterocycles. The van der Waals surface area contributed by atoms with Gasteiger partial charge in [0, 0.05) is 0 Å². The second-order valence-electron chi connectivity index (χ2n) is 6.86. The van der Waals surface area contributed by atoms with Crippen molar-refractivity contribution in [2.45, 2.75) is 34.6 Å². The smallest absolute Gasteiger partial charge is 0.196 e. The van der Waals surface area contributed by atoms with Gasteiger partial charge in [0.2, 0.25) is 0 Å². The molecule has 0 aliphatic rings. The van der Waals surface area contributed by atoms with E-state index in [1.54, 1.807) is 0 Å². The first-order valence-electron chi connectivity index (χ1n) is 8.89. The van der Waals surface area contributed by atoms with E-state index in [4.69, 9.17) is 0 Å². The molecule has 4 aromatic carbocycles. The second kappa shape index (κ2) is 8.78. The summed E-state index contributed by atoms with van der Waals surface area (Å²) >= 11 is 0. The van der Waals surface area contributed by atoms with Gasteiger partial charge in [0.1, 0.15) is 0 Å². The van der Waals surface area contributed by atoms with Gasteiger partial charge in [0.05, 0.1) is 0 Å². The molecule has 0 nitrogen and oxygen atoms in total. The van der Waals surface area contributed by atoms with Gasteiger partial charge < -0.3 is 0 Å². The fourth-order valence-electron chi connectivity index (χ4n) is 3.35. The van der Waals surface area contributed by atoms with Crippen LogP contribution < -0.4 is 0 Å². The number of fused-ring (bicyclic) bond motifs is 1. The first-order valence-corrected chi connectivity index (χ1v) is 8.89. The van der Waals surface area contributed by atoms with E-state index in [0.29, 0.717) is 0 Å². The quantitative estimate of drug-likeness (QED) is 0.288. The Morgan fingerprint density at radius 2 is 1.27 bits per heavy atom. The van der Waals surface area contributed by atoms with Crippen molar-refractivity contribution >= 4 is 10.8 Å². The van der Waals surface area contributed by atoms with Crippen LogP contribution in [0.5, 0.6) is 0 Å². The molecule has 0 saturated heterocycles. The summed E-state index contributed by atoms with van der Waals surface area (Å²) in [7, 11) is 0. The van der Waals surface area contributed by atoms with Crippen LogP contribution in [0.3, 0.4) is 0 Å². The number of hydrogen-bond donors (Lipinski definition) is 0. The van der Waals surface area contributed by atoms with E-state index in [-0.39, 0.29) is 26.2 Å². The Labute approximate surface area is 176 Å². The fourth-order valence-corrected chi connectivity index (χ4v) is 3.35. The molecule has 4 aromatic rings. The summed E-state index contributed by atoms with van der Waals surface area (Å²) in [5, 5.41) is 2.63. The Kier molecular flexibility index (Phi) is 6.96. The maximum atomic E-state index is 2.24. The zero-order chi connectivity index (χ0) is 18.0. The summed E-state index contributed by atoms with van der Waals surface area (Å²) in [5.74, 6) is 0. The van der Waals surface area contributed by atoms with Crippen molar-refractivity contribution in [1.29, 1.82) is 0 Å². The van der Waals surface area contributed by atoms with Crippen LogP contribution in [0.25, 0.3) is 21.9 Å². The van der Waals surface area contributed by atoms with Gasteiger partial charge >= 0.3 is 26.2 Å². The van der Waals surface area contributed by atoms with Crippen LogP contribution in [0.2, 0.25) is 0 Å². The fraction of sp³-hybridized carbons (Fsp3) is 0.200. The third-order valence-corrected chi connectivity index (χ3v) is 5.54. The molecule has 0 N–H and O–H groups in total. The van der Waals surface area contributed by atoms with E-state index in [1.165, 1.54) is 49.7 Å². The monoisotopic (exact) mass is 416 g/mol. The van der Waals surface area contributed by atoms with Crippen LogP contribution in [-0.4, -0.2) is 0 Å². The minimum atomic E-state index is 0. The average molecular weight is 418 g/mol. The average Bonchev–Trinajstić information content (AvgIpc) is 3.16. The third-order valence-electron chi connectivity index (χ3n) is 5.54. The summed E-state index contributed by atoms with van der Waals surface area (Å²) in [5.41, 5.74) is 9.93. The Hall–Kier alpha value is -1.72. The maximum absolute atomic E-state index is 2.24. The van der Waals surface area contributed by atoms with Crippen LogP contribution in [0, 0.1) is 34.6 Å². The molecule has 0 aliphatic carbocycles. The van der Waals surface area contributed by atoms with Crippen LogP contribution in [0.4, 0.5) is 0 Å². The van der Waals surface area contributed by atoms with Crippen molar-refractivity contribution in [2.24, 2.45) is 0 Å². The van der Waals surface area contributed by atoms with Crippen LogP contribution in [-0.2, 0) is 26.2 Å². The van der Waals surface area contributed by atoms with E-state index in [2.05, 4.69) is 95.3 Å². The minimum absolute atomic E-state index is 0. The van der Waals surface area contributed by atoms with Gasteiger partial charge in [-0.05, 0) is 0 Å². The molecule has 0 spiro atoms. The van der Waals surface area contributed by atoms with E-state index in [0.717, 1.165) is 0 Å².